The fourth-order valence-electron chi connectivity index (χ4n) is 3.76. The molecule has 0 radical (unpaired) electrons. The van der Waals surface area contributed by atoms with Crippen LogP contribution < -0.4 is 4.74 Å². The highest BCUT2D eigenvalue weighted by molar-refractivity contribution is 5.97. The van der Waals surface area contributed by atoms with E-state index in [1.54, 1.807) is 23.4 Å². The third-order valence-corrected chi connectivity index (χ3v) is 5.68. The van der Waals surface area contributed by atoms with Crippen LogP contribution in [0.5, 0.6) is 5.88 Å². The van der Waals surface area contributed by atoms with E-state index in [1.807, 2.05) is 46.0 Å². The molecule has 0 unspecified atom stereocenters. The summed E-state index contributed by atoms with van der Waals surface area (Å²) in [5, 5.41) is 9.80. The Labute approximate surface area is 196 Å². The molecule has 33 heavy (non-hydrogen) atoms. The summed E-state index contributed by atoms with van der Waals surface area (Å²) in [7, 11) is 2.03. The maximum atomic E-state index is 13.4. The lowest BCUT2D eigenvalue weighted by atomic mass is 9.99. The Hall–Kier alpha value is -2.95. The molecule has 2 aromatic rings. The molecule has 1 amide bonds. The summed E-state index contributed by atoms with van der Waals surface area (Å²) >= 11 is 0. The Bertz CT molecular complexity index is 1000. The number of likely N-dealkylation sites (N-methyl/N-ethyl adjacent to an activating group) is 1. The maximum absolute atomic E-state index is 13.4. The zero-order valence-corrected chi connectivity index (χ0v) is 20.2. The quantitative estimate of drug-likeness (QED) is 0.682. The molecule has 0 aromatic carbocycles. The smallest absolute Gasteiger partial charge is 0.259 e. The molecular formula is C26H34N4O3. The first-order valence-corrected chi connectivity index (χ1v) is 11.5. The van der Waals surface area contributed by atoms with Crippen molar-refractivity contribution in [1.82, 2.24) is 19.8 Å². The summed E-state index contributed by atoms with van der Waals surface area (Å²) < 4.78 is 6.34. The average Bonchev–Trinajstić information content (AvgIpc) is 2.80. The summed E-state index contributed by atoms with van der Waals surface area (Å²) in [5.74, 6) is 6.56. The molecule has 0 saturated carbocycles. The minimum absolute atomic E-state index is 0.0319. The number of pyridine rings is 2. The van der Waals surface area contributed by atoms with Crippen molar-refractivity contribution >= 4 is 5.91 Å². The zero-order chi connectivity index (χ0) is 24.0. The van der Waals surface area contributed by atoms with Gasteiger partial charge in [-0.25, -0.2) is 4.98 Å². The van der Waals surface area contributed by atoms with Crippen LogP contribution in [-0.2, 0) is 6.54 Å². The van der Waals surface area contributed by atoms with Crippen molar-refractivity contribution in [1.29, 1.82) is 0 Å². The molecule has 1 N–H and O–H groups in total. The number of fused-ring (bicyclic) bond motifs is 1. The summed E-state index contributed by atoms with van der Waals surface area (Å²) in [4.78, 5) is 26.2. The highest BCUT2D eigenvalue weighted by Crippen LogP contribution is 2.27. The Morgan fingerprint density at radius 3 is 2.76 bits per heavy atom. The molecule has 0 bridgehead atoms. The average molecular weight is 451 g/mol. The topological polar surface area (TPSA) is 78.8 Å². The number of nitrogens with zero attached hydrogens (tertiary/aromatic N) is 4. The molecule has 3 rings (SSSR count). The van der Waals surface area contributed by atoms with Crippen LogP contribution in [0.2, 0.25) is 0 Å². The van der Waals surface area contributed by atoms with E-state index < -0.39 is 0 Å². The lowest BCUT2D eigenvalue weighted by molar-refractivity contribution is 0.0324. The third-order valence-electron chi connectivity index (χ3n) is 5.68. The van der Waals surface area contributed by atoms with E-state index in [4.69, 9.17) is 4.74 Å². The van der Waals surface area contributed by atoms with Crippen molar-refractivity contribution in [3.63, 3.8) is 0 Å². The maximum Gasteiger partial charge on any atom is 0.259 e. The van der Waals surface area contributed by atoms with Crippen molar-refractivity contribution in [3.05, 3.63) is 53.5 Å². The predicted molar refractivity (Wildman–Crippen MR) is 128 cm³/mol. The van der Waals surface area contributed by atoms with E-state index in [1.165, 1.54) is 0 Å². The SMILES string of the molecule is CC(C)C#Cc1cnc2c(c1)C(=O)N([C@H](C)CO)C[C@@H](C)[C@@H](CN(C)Cc1ccccn1)O2. The van der Waals surface area contributed by atoms with E-state index in [9.17, 15) is 9.90 Å². The molecule has 2 aromatic heterocycles. The predicted octanol–water partition coefficient (Wildman–Crippen LogP) is 2.84. The summed E-state index contributed by atoms with van der Waals surface area (Å²) in [6, 6.07) is 7.31. The van der Waals surface area contributed by atoms with Crippen LogP contribution in [0.3, 0.4) is 0 Å². The fraction of sp³-hybridized carbons (Fsp3) is 0.500. The number of aromatic nitrogens is 2. The van der Waals surface area contributed by atoms with Crippen molar-refractivity contribution < 1.29 is 14.6 Å². The molecule has 0 saturated heterocycles. The number of ether oxygens (including phenoxy) is 1. The molecule has 7 nitrogen and oxygen atoms in total. The highest BCUT2D eigenvalue weighted by atomic mass is 16.5. The first kappa shape index (κ1) is 24.7. The molecule has 176 valence electrons. The third kappa shape index (κ3) is 6.53. The van der Waals surface area contributed by atoms with Gasteiger partial charge in [-0.1, -0.05) is 38.7 Å². The van der Waals surface area contributed by atoms with Crippen LogP contribution in [0.25, 0.3) is 0 Å². The lowest BCUT2D eigenvalue weighted by Gasteiger charge is -2.37. The van der Waals surface area contributed by atoms with E-state index in [-0.39, 0.29) is 36.5 Å². The van der Waals surface area contributed by atoms with Crippen molar-refractivity contribution in [2.45, 2.75) is 46.4 Å². The number of carbonyl (C=O) groups excluding carboxylic acids is 1. The van der Waals surface area contributed by atoms with E-state index in [0.29, 0.717) is 36.6 Å². The Morgan fingerprint density at radius 1 is 1.30 bits per heavy atom. The fourth-order valence-corrected chi connectivity index (χ4v) is 3.76. The zero-order valence-electron chi connectivity index (χ0n) is 20.2. The van der Waals surface area contributed by atoms with Crippen LogP contribution in [-0.4, -0.2) is 69.7 Å². The van der Waals surface area contributed by atoms with Gasteiger partial charge in [0.1, 0.15) is 11.7 Å². The number of amides is 1. The van der Waals surface area contributed by atoms with Crippen molar-refractivity contribution in [2.75, 3.05) is 26.7 Å². The van der Waals surface area contributed by atoms with E-state index in [0.717, 1.165) is 5.69 Å². The monoisotopic (exact) mass is 450 g/mol. The lowest BCUT2D eigenvalue weighted by Crippen LogP contribution is -2.49. The van der Waals surface area contributed by atoms with Gasteiger partial charge in [-0.15, -0.1) is 0 Å². The van der Waals surface area contributed by atoms with Gasteiger partial charge >= 0.3 is 0 Å². The molecule has 0 aliphatic carbocycles. The number of carbonyl (C=O) groups is 1. The van der Waals surface area contributed by atoms with Gasteiger partial charge in [0.2, 0.25) is 5.88 Å². The first-order chi connectivity index (χ1) is 15.8. The van der Waals surface area contributed by atoms with Crippen LogP contribution in [0, 0.1) is 23.7 Å². The molecule has 7 heteroatoms. The normalized spacial score (nSPS) is 19.3. The van der Waals surface area contributed by atoms with Gasteiger partial charge in [-0.3, -0.25) is 14.7 Å². The molecular weight excluding hydrogens is 416 g/mol. The molecule has 1 aliphatic heterocycles. The van der Waals surface area contributed by atoms with E-state index >= 15 is 0 Å². The van der Waals surface area contributed by atoms with Gasteiger partial charge < -0.3 is 14.7 Å². The molecule has 1 aliphatic rings. The highest BCUT2D eigenvalue weighted by Gasteiger charge is 2.34. The second-order valence-electron chi connectivity index (χ2n) is 9.14. The Kier molecular flexibility index (Phi) is 8.43. The van der Waals surface area contributed by atoms with Gasteiger partial charge in [-0.2, -0.15) is 0 Å². The number of aliphatic hydroxyl groups is 1. The van der Waals surface area contributed by atoms with Gasteiger partial charge in [0.05, 0.1) is 18.3 Å². The van der Waals surface area contributed by atoms with Gasteiger partial charge in [0.15, 0.2) is 0 Å². The molecule has 0 fully saturated rings. The Morgan fingerprint density at radius 2 is 2.09 bits per heavy atom. The Balaban J connectivity index is 1.91. The largest absolute Gasteiger partial charge is 0.472 e. The van der Waals surface area contributed by atoms with E-state index in [2.05, 4.69) is 33.6 Å². The standard InChI is InChI=1S/C26H34N4O3/c1-18(2)9-10-21-12-23-25(28-13-21)33-24(16-29(5)15-22-8-6-7-11-27-22)19(3)14-30(26(23)32)20(4)17-31/h6-8,11-13,18-20,24,31H,14-17H2,1-5H3/t19-,20-,24-/m1/s1. The van der Waals surface area contributed by atoms with Crippen molar-refractivity contribution in [2.24, 2.45) is 11.8 Å². The minimum atomic E-state index is -0.316. The van der Waals surface area contributed by atoms with Crippen LogP contribution in [0.4, 0.5) is 0 Å². The second-order valence-corrected chi connectivity index (χ2v) is 9.14. The number of hydrogen-bond donors (Lipinski definition) is 1. The van der Waals surface area contributed by atoms with Crippen LogP contribution >= 0.6 is 0 Å². The minimum Gasteiger partial charge on any atom is -0.472 e. The molecule has 0 spiro atoms. The van der Waals surface area contributed by atoms with Crippen LogP contribution in [0.15, 0.2) is 36.7 Å². The van der Waals surface area contributed by atoms with Gasteiger partial charge in [0, 0.05) is 49.4 Å². The molecule has 3 atom stereocenters. The number of rotatable bonds is 6. The van der Waals surface area contributed by atoms with Gasteiger partial charge in [0.25, 0.3) is 5.91 Å². The first-order valence-electron chi connectivity index (χ1n) is 11.5. The number of aliphatic hydroxyl groups excluding tert-OH is 1. The second kappa shape index (κ2) is 11.3. The van der Waals surface area contributed by atoms with Crippen molar-refractivity contribution in [3.8, 4) is 17.7 Å². The number of hydrogen-bond acceptors (Lipinski definition) is 6. The van der Waals surface area contributed by atoms with Crippen LogP contribution in [0.1, 0.15) is 49.3 Å². The van der Waals surface area contributed by atoms with Gasteiger partial charge in [-0.05, 0) is 32.2 Å². The summed E-state index contributed by atoms with van der Waals surface area (Å²) in [6.07, 6.45) is 3.25. The summed E-state index contributed by atoms with van der Waals surface area (Å²) in [6.45, 7) is 9.64. The molecule has 3 heterocycles. The summed E-state index contributed by atoms with van der Waals surface area (Å²) in [5.41, 5.74) is 2.04.